The number of carboxylic acids is 1. The van der Waals surface area contributed by atoms with Gasteiger partial charge in [0.25, 0.3) is 5.91 Å². The van der Waals surface area contributed by atoms with Gasteiger partial charge in [-0.2, -0.15) is 0 Å². The lowest BCUT2D eigenvalue weighted by molar-refractivity contribution is -0.137. The molecule has 0 unspecified atom stereocenters. The predicted octanol–water partition coefficient (Wildman–Crippen LogP) is -0.972. The summed E-state index contributed by atoms with van der Waals surface area (Å²) in [6, 6.07) is 3.82. The Morgan fingerprint density at radius 2 is 1.74 bits per heavy atom. The average molecular weight is 268 g/mol. The van der Waals surface area contributed by atoms with E-state index in [1.54, 1.807) is 0 Å². The smallest absolute Gasteiger partial charge is 0.322 e. The molecule has 19 heavy (non-hydrogen) atoms. The molecule has 0 saturated carbocycles. The van der Waals surface area contributed by atoms with E-state index >= 15 is 0 Å². The first-order valence-electron chi connectivity index (χ1n) is 5.19. The number of carboxylic acid groups (broad SMARTS) is 1. The molecule has 1 rings (SSSR count). The first kappa shape index (κ1) is 14.3. The van der Waals surface area contributed by atoms with Crippen molar-refractivity contribution >= 4 is 17.8 Å². The first-order chi connectivity index (χ1) is 8.91. The van der Waals surface area contributed by atoms with Gasteiger partial charge in [0, 0.05) is 0 Å². The van der Waals surface area contributed by atoms with E-state index in [9.17, 15) is 24.6 Å². The number of nitrogens with one attached hydrogen (secondary N) is 2. The third-order valence-electron chi connectivity index (χ3n) is 2.11. The molecule has 0 aliphatic carbocycles. The van der Waals surface area contributed by atoms with Crippen molar-refractivity contribution in [3.05, 3.63) is 23.8 Å². The predicted molar refractivity (Wildman–Crippen MR) is 62.8 cm³/mol. The molecule has 0 spiro atoms. The quantitative estimate of drug-likeness (QED) is 0.436. The Morgan fingerprint density at radius 3 is 2.37 bits per heavy atom. The second kappa shape index (κ2) is 6.24. The summed E-state index contributed by atoms with van der Waals surface area (Å²) in [5.41, 5.74) is -0.189. The largest absolute Gasteiger partial charge is 0.504 e. The van der Waals surface area contributed by atoms with Crippen LogP contribution in [0, 0.1) is 0 Å². The van der Waals surface area contributed by atoms with Crippen LogP contribution in [-0.4, -0.2) is 46.2 Å². The number of benzene rings is 1. The van der Waals surface area contributed by atoms with Crippen LogP contribution in [0.3, 0.4) is 0 Å². The SMILES string of the molecule is O=C(O)CNC(=O)CNC(=O)c1cccc(O)c1O. The summed E-state index contributed by atoms with van der Waals surface area (Å²) in [6.07, 6.45) is 0. The summed E-state index contributed by atoms with van der Waals surface area (Å²) in [4.78, 5) is 32.9. The maximum atomic E-state index is 11.6. The van der Waals surface area contributed by atoms with Crippen molar-refractivity contribution < 1.29 is 29.7 Å². The van der Waals surface area contributed by atoms with E-state index in [1.165, 1.54) is 18.2 Å². The van der Waals surface area contributed by atoms with Gasteiger partial charge >= 0.3 is 5.97 Å². The van der Waals surface area contributed by atoms with Crippen LogP contribution in [0.1, 0.15) is 10.4 Å². The Bertz CT molecular complexity index is 514. The zero-order valence-electron chi connectivity index (χ0n) is 9.71. The fourth-order valence-corrected chi connectivity index (χ4v) is 1.21. The van der Waals surface area contributed by atoms with E-state index in [2.05, 4.69) is 5.32 Å². The fraction of sp³-hybridized carbons (Fsp3) is 0.182. The summed E-state index contributed by atoms with van der Waals surface area (Å²) in [5, 5.41) is 31.2. The number of hydrogen-bond acceptors (Lipinski definition) is 5. The van der Waals surface area contributed by atoms with Crippen molar-refractivity contribution in [2.24, 2.45) is 0 Å². The van der Waals surface area contributed by atoms with Gasteiger partial charge in [-0.3, -0.25) is 14.4 Å². The molecule has 1 aromatic carbocycles. The Morgan fingerprint density at radius 1 is 1.05 bits per heavy atom. The van der Waals surface area contributed by atoms with Gasteiger partial charge in [0.1, 0.15) is 6.54 Å². The zero-order valence-corrected chi connectivity index (χ0v) is 9.71. The number of aliphatic carboxylic acids is 1. The number of amides is 2. The number of phenols is 2. The third-order valence-corrected chi connectivity index (χ3v) is 2.11. The van der Waals surface area contributed by atoms with Crippen LogP contribution < -0.4 is 10.6 Å². The lowest BCUT2D eigenvalue weighted by Gasteiger charge is -2.07. The second-order valence-corrected chi connectivity index (χ2v) is 3.53. The summed E-state index contributed by atoms with van der Waals surface area (Å²) in [6.45, 7) is -0.993. The molecular formula is C11H12N2O6. The minimum atomic E-state index is -1.20. The molecule has 8 heteroatoms. The summed E-state index contributed by atoms with van der Waals surface area (Å²) in [7, 11) is 0. The van der Waals surface area contributed by atoms with Gasteiger partial charge < -0.3 is 26.0 Å². The van der Waals surface area contributed by atoms with E-state index in [0.29, 0.717) is 0 Å². The van der Waals surface area contributed by atoms with Crippen LogP contribution in [0.2, 0.25) is 0 Å². The lowest BCUT2D eigenvalue weighted by atomic mass is 10.1. The normalized spacial score (nSPS) is 9.68. The highest BCUT2D eigenvalue weighted by Gasteiger charge is 2.14. The molecule has 1 aromatic rings. The fourth-order valence-electron chi connectivity index (χ4n) is 1.21. The minimum absolute atomic E-state index is 0.189. The van der Waals surface area contributed by atoms with E-state index in [0.717, 1.165) is 0 Å². The van der Waals surface area contributed by atoms with Crippen LogP contribution in [0.15, 0.2) is 18.2 Å². The summed E-state index contributed by atoms with van der Waals surface area (Å²) >= 11 is 0. The van der Waals surface area contributed by atoms with Gasteiger partial charge in [-0.25, -0.2) is 0 Å². The van der Waals surface area contributed by atoms with Crippen LogP contribution in [0.4, 0.5) is 0 Å². The van der Waals surface area contributed by atoms with Crippen molar-refractivity contribution in [1.82, 2.24) is 10.6 Å². The summed E-state index contributed by atoms with van der Waals surface area (Å²) in [5.74, 6) is -3.70. The van der Waals surface area contributed by atoms with Gasteiger partial charge in [0.2, 0.25) is 5.91 Å². The molecule has 0 fully saturated rings. The molecule has 0 aliphatic rings. The minimum Gasteiger partial charge on any atom is -0.504 e. The third kappa shape index (κ3) is 4.19. The number of carbonyl (C=O) groups is 3. The van der Waals surface area contributed by atoms with Crippen molar-refractivity contribution in [2.45, 2.75) is 0 Å². The molecule has 102 valence electrons. The van der Waals surface area contributed by atoms with Crippen molar-refractivity contribution in [3.8, 4) is 11.5 Å². The van der Waals surface area contributed by atoms with E-state index in [4.69, 9.17) is 5.11 Å². The molecule has 8 nitrogen and oxygen atoms in total. The molecule has 0 radical (unpaired) electrons. The zero-order chi connectivity index (χ0) is 14.4. The monoisotopic (exact) mass is 268 g/mol. The molecule has 0 aliphatic heterocycles. The second-order valence-electron chi connectivity index (χ2n) is 3.53. The van der Waals surface area contributed by atoms with Crippen LogP contribution in [-0.2, 0) is 9.59 Å². The van der Waals surface area contributed by atoms with Crippen molar-refractivity contribution in [2.75, 3.05) is 13.1 Å². The topological polar surface area (TPSA) is 136 Å². The van der Waals surface area contributed by atoms with E-state index in [1.807, 2.05) is 5.32 Å². The Labute approximate surface area is 107 Å². The molecule has 0 saturated heterocycles. The van der Waals surface area contributed by atoms with E-state index < -0.39 is 42.4 Å². The molecule has 0 atom stereocenters. The van der Waals surface area contributed by atoms with Gasteiger partial charge in [-0.15, -0.1) is 0 Å². The van der Waals surface area contributed by atoms with Crippen molar-refractivity contribution in [3.63, 3.8) is 0 Å². The standard InChI is InChI=1S/C11H12N2O6/c14-7-3-1-2-6(10(7)18)11(19)13-4-8(15)12-5-9(16)17/h1-3,14,18H,4-5H2,(H,12,15)(H,13,19)(H,16,17). The number of para-hydroxylation sites is 1. The van der Waals surface area contributed by atoms with Crippen LogP contribution in [0.25, 0.3) is 0 Å². The number of hydrogen-bond donors (Lipinski definition) is 5. The van der Waals surface area contributed by atoms with Crippen molar-refractivity contribution in [1.29, 1.82) is 0 Å². The van der Waals surface area contributed by atoms with Gasteiger partial charge in [-0.1, -0.05) is 6.07 Å². The molecular weight excluding hydrogens is 256 g/mol. The number of aromatic hydroxyl groups is 2. The molecule has 0 heterocycles. The van der Waals surface area contributed by atoms with Gasteiger partial charge in [-0.05, 0) is 12.1 Å². The molecule has 5 N–H and O–H groups in total. The molecule has 0 aromatic heterocycles. The van der Waals surface area contributed by atoms with Gasteiger partial charge in [0.15, 0.2) is 11.5 Å². The van der Waals surface area contributed by atoms with Crippen LogP contribution >= 0.6 is 0 Å². The van der Waals surface area contributed by atoms with Crippen LogP contribution in [0.5, 0.6) is 11.5 Å². The highest BCUT2D eigenvalue weighted by molar-refractivity contribution is 5.99. The highest BCUT2D eigenvalue weighted by atomic mass is 16.4. The maximum absolute atomic E-state index is 11.6. The van der Waals surface area contributed by atoms with E-state index in [-0.39, 0.29) is 5.56 Å². The lowest BCUT2D eigenvalue weighted by Crippen LogP contribution is -2.39. The Hall–Kier alpha value is -2.77. The average Bonchev–Trinajstić information content (AvgIpc) is 2.36. The maximum Gasteiger partial charge on any atom is 0.322 e. The first-order valence-corrected chi connectivity index (χ1v) is 5.19. The Balaban J connectivity index is 2.54. The number of carbonyl (C=O) groups excluding carboxylic acids is 2. The number of phenolic OH excluding ortho intramolecular Hbond substituents is 2. The molecule has 2 amide bonds. The van der Waals surface area contributed by atoms with Gasteiger partial charge in [0.05, 0.1) is 12.1 Å². The number of rotatable bonds is 5. The highest BCUT2D eigenvalue weighted by Crippen LogP contribution is 2.27. The molecule has 0 bridgehead atoms. The Kier molecular flexibility index (Phi) is 4.69. The summed E-state index contributed by atoms with van der Waals surface area (Å²) < 4.78 is 0.